The highest BCUT2D eigenvalue weighted by molar-refractivity contribution is 5.83. The quantitative estimate of drug-likeness (QED) is 0.271. The van der Waals surface area contributed by atoms with E-state index >= 15 is 0 Å². The van der Waals surface area contributed by atoms with Crippen LogP contribution in [-0.2, 0) is 4.74 Å². The molecule has 2 aromatic rings. The van der Waals surface area contributed by atoms with Gasteiger partial charge in [0.2, 0.25) is 0 Å². The Kier molecular flexibility index (Phi) is 10.7. The molecule has 0 amide bonds. The van der Waals surface area contributed by atoms with Gasteiger partial charge in [-0.05, 0) is 62.5 Å². The van der Waals surface area contributed by atoms with Crippen LogP contribution in [0.2, 0.25) is 0 Å². The van der Waals surface area contributed by atoms with Crippen LogP contribution < -0.4 is 10.4 Å². The molecule has 0 spiro atoms. The largest absolute Gasteiger partial charge is 0.490 e. The number of aryl methyl sites for hydroxylation is 1. The van der Waals surface area contributed by atoms with Crippen molar-refractivity contribution in [1.82, 2.24) is 0 Å². The number of halogens is 1. The summed E-state index contributed by atoms with van der Waals surface area (Å²) in [5, 5.41) is 0.505. The van der Waals surface area contributed by atoms with Gasteiger partial charge in [-0.25, -0.2) is 9.18 Å². The molecule has 1 aliphatic rings. The lowest BCUT2D eigenvalue weighted by molar-refractivity contribution is 0.0109. The lowest BCUT2D eigenvalue weighted by Crippen LogP contribution is -2.25. The first-order valence-electron chi connectivity index (χ1n) is 13.1. The SMILES string of the molecule is CCCCCCCCCCCOC1CCC(COc2ccc3cc(C)oc(=O)c3c2F)CC1. The standard InChI is InChI=1S/C28H41FO4/c1-3-4-5-6-7-8-9-10-11-18-31-24-15-12-22(13-16-24)20-32-25-17-14-23-19-21(2)33-28(30)26(23)27(25)29/h14,17,19,22,24H,3-13,15-16,18,20H2,1-2H3. The van der Waals surface area contributed by atoms with Crippen molar-refractivity contribution in [3.8, 4) is 5.75 Å². The number of hydrogen-bond acceptors (Lipinski definition) is 4. The average Bonchev–Trinajstić information content (AvgIpc) is 2.80. The molecule has 1 aromatic heterocycles. The summed E-state index contributed by atoms with van der Waals surface area (Å²) in [5.74, 6) is 0.362. The molecule has 0 atom stereocenters. The highest BCUT2D eigenvalue weighted by Crippen LogP contribution is 2.29. The van der Waals surface area contributed by atoms with Gasteiger partial charge in [0.05, 0.1) is 12.7 Å². The van der Waals surface area contributed by atoms with Crippen molar-refractivity contribution in [2.45, 2.75) is 103 Å². The lowest BCUT2D eigenvalue weighted by atomic mass is 9.88. The first-order chi connectivity index (χ1) is 16.1. The number of unbranched alkanes of at least 4 members (excludes halogenated alkanes) is 8. The average molecular weight is 461 g/mol. The highest BCUT2D eigenvalue weighted by Gasteiger charge is 2.23. The predicted molar refractivity (Wildman–Crippen MR) is 132 cm³/mol. The Morgan fingerprint density at radius 2 is 1.64 bits per heavy atom. The lowest BCUT2D eigenvalue weighted by Gasteiger charge is -2.28. The van der Waals surface area contributed by atoms with Crippen LogP contribution in [0.4, 0.5) is 4.39 Å². The van der Waals surface area contributed by atoms with Crippen LogP contribution in [0.1, 0.15) is 96.2 Å². The fourth-order valence-corrected chi connectivity index (χ4v) is 4.79. The van der Waals surface area contributed by atoms with Gasteiger partial charge < -0.3 is 13.9 Å². The minimum absolute atomic E-state index is 0.0355. The first-order valence-corrected chi connectivity index (χ1v) is 13.1. The van der Waals surface area contributed by atoms with Crippen molar-refractivity contribution < 1.29 is 18.3 Å². The maximum Gasteiger partial charge on any atom is 0.346 e. The predicted octanol–water partition coefficient (Wildman–Crippen LogP) is 7.73. The second-order valence-corrected chi connectivity index (χ2v) is 9.64. The summed E-state index contributed by atoms with van der Waals surface area (Å²) < 4.78 is 31.7. The minimum atomic E-state index is -0.655. The van der Waals surface area contributed by atoms with E-state index in [9.17, 15) is 9.18 Å². The van der Waals surface area contributed by atoms with Crippen LogP contribution in [0, 0.1) is 18.7 Å². The zero-order valence-electron chi connectivity index (χ0n) is 20.5. The zero-order valence-corrected chi connectivity index (χ0v) is 20.5. The maximum absolute atomic E-state index is 14.8. The smallest absolute Gasteiger partial charge is 0.346 e. The number of fused-ring (bicyclic) bond motifs is 1. The Bertz CT molecular complexity index is 899. The topological polar surface area (TPSA) is 48.7 Å². The van der Waals surface area contributed by atoms with Crippen molar-refractivity contribution >= 4 is 10.8 Å². The third kappa shape index (κ3) is 8.13. The molecule has 0 N–H and O–H groups in total. The molecular weight excluding hydrogens is 419 g/mol. The minimum Gasteiger partial charge on any atom is -0.490 e. The Morgan fingerprint density at radius 1 is 0.970 bits per heavy atom. The molecule has 5 heteroatoms. The fourth-order valence-electron chi connectivity index (χ4n) is 4.79. The summed E-state index contributed by atoms with van der Waals surface area (Å²) in [6, 6.07) is 4.99. The summed E-state index contributed by atoms with van der Waals surface area (Å²) in [6.45, 7) is 5.27. The van der Waals surface area contributed by atoms with Crippen molar-refractivity contribution in [3.63, 3.8) is 0 Å². The molecule has 4 nitrogen and oxygen atoms in total. The van der Waals surface area contributed by atoms with Crippen LogP contribution in [0.3, 0.4) is 0 Å². The van der Waals surface area contributed by atoms with Gasteiger partial charge in [-0.1, -0.05) is 64.4 Å². The molecule has 1 aromatic carbocycles. The number of rotatable bonds is 14. The molecule has 0 saturated heterocycles. The van der Waals surface area contributed by atoms with E-state index in [1.54, 1.807) is 25.1 Å². The molecule has 184 valence electrons. The fraction of sp³-hybridized carbons (Fsp3) is 0.679. The van der Waals surface area contributed by atoms with E-state index in [1.807, 2.05) is 0 Å². The van der Waals surface area contributed by atoms with Crippen molar-refractivity contribution in [3.05, 3.63) is 40.2 Å². The Hall–Kier alpha value is -1.88. The Morgan fingerprint density at radius 3 is 2.33 bits per heavy atom. The van der Waals surface area contributed by atoms with Gasteiger partial charge >= 0.3 is 5.63 Å². The third-order valence-corrected chi connectivity index (χ3v) is 6.83. The summed E-state index contributed by atoms with van der Waals surface area (Å²) in [5.41, 5.74) is -0.655. The molecule has 1 saturated carbocycles. The van der Waals surface area contributed by atoms with E-state index in [0.717, 1.165) is 38.7 Å². The van der Waals surface area contributed by atoms with Gasteiger partial charge in [-0.3, -0.25) is 0 Å². The van der Waals surface area contributed by atoms with Gasteiger partial charge in [0.25, 0.3) is 0 Å². The van der Waals surface area contributed by atoms with Crippen molar-refractivity contribution in [2.24, 2.45) is 5.92 Å². The van der Waals surface area contributed by atoms with E-state index in [2.05, 4.69) is 6.92 Å². The van der Waals surface area contributed by atoms with Gasteiger partial charge in [0.1, 0.15) is 11.1 Å². The summed E-state index contributed by atoms with van der Waals surface area (Å²) >= 11 is 0. The molecule has 0 bridgehead atoms. The molecule has 33 heavy (non-hydrogen) atoms. The van der Waals surface area contributed by atoms with E-state index in [4.69, 9.17) is 13.9 Å². The molecule has 0 aliphatic heterocycles. The van der Waals surface area contributed by atoms with Gasteiger partial charge in [0, 0.05) is 6.61 Å². The van der Waals surface area contributed by atoms with E-state index in [-0.39, 0.29) is 11.1 Å². The second kappa shape index (κ2) is 13.7. The molecule has 0 unspecified atom stereocenters. The Balaban J connectivity index is 1.30. The van der Waals surface area contributed by atoms with E-state index in [0.29, 0.717) is 29.8 Å². The second-order valence-electron chi connectivity index (χ2n) is 9.64. The molecular formula is C28H41FO4. The van der Waals surface area contributed by atoms with Crippen LogP contribution in [-0.4, -0.2) is 19.3 Å². The summed E-state index contributed by atoms with van der Waals surface area (Å²) in [7, 11) is 0. The van der Waals surface area contributed by atoms with Crippen LogP contribution in [0.5, 0.6) is 5.75 Å². The van der Waals surface area contributed by atoms with Crippen LogP contribution in [0.15, 0.2) is 27.4 Å². The normalized spacial score (nSPS) is 18.6. The Labute approximate surface area is 197 Å². The number of ether oxygens (including phenoxy) is 2. The van der Waals surface area contributed by atoms with Gasteiger partial charge in [-0.15, -0.1) is 0 Å². The molecule has 0 radical (unpaired) electrons. The van der Waals surface area contributed by atoms with Crippen LogP contribution >= 0.6 is 0 Å². The highest BCUT2D eigenvalue weighted by atomic mass is 19.1. The van der Waals surface area contributed by atoms with Crippen molar-refractivity contribution in [2.75, 3.05) is 13.2 Å². The maximum atomic E-state index is 14.8. The van der Waals surface area contributed by atoms with Gasteiger partial charge in [0.15, 0.2) is 11.6 Å². The number of hydrogen-bond donors (Lipinski definition) is 0. The molecule has 1 aliphatic carbocycles. The van der Waals surface area contributed by atoms with E-state index < -0.39 is 11.4 Å². The molecule has 1 fully saturated rings. The monoisotopic (exact) mass is 460 g/mol. The number of benzene rings is 1. The van der Waals surface area contributed by atoms with Gasteiger partial charge in [-0.2, -0.15) is 0 Å². The van der Waals surface area contributed by atoms with Crippen molar-refractivity contribution in [1.29, 1.82) is 0 Å². The zero-order chi connectivity index (χ0) is 23.5. The molecule has 3 rings (SSSR count). The summed E-state index contributed by atoms with van der Waals surface area (Å²) in [6.07, 6.45) is 16.4. The van der Waals surface area contributed by atoms with E-state index in [1.165, 1.54) is 51.4 Å². The van der Waals surface area contributed by atoms with Crippen LogP contribution in [0.25, 0.3) is 10.8 Å². The molecule has 1 heterocycles. The first kappa shape index (κ1) is 25.7. The third-order valence-electron chi connectivity index (χ3n) is 6.83. The summed E-state index contributed by atoms with van der Waals surface area (Å²) in [4.78, 5) is 12.0.